The number of rotatable bonds is 6. The summed E-state index contributed by atoms with van der Waals surface area (Å²) < 4.78 is 39.4. The standard InChI is InChI=1S/C13H19ClFNO2S/c1-10(2)6-7-16(3)19(17,18)13-5-4-11(9-14)8-12(13)15/h4-5,8,10H,6-7,9H2,1-3H3. The minimum atomic E-state index is -3.78. The summed E-state index contributed by atoms with van der Waals surface area (Å²) >= 11 is 5.59. The van der Waals surface area contributed by atoms with Gasteiger partial charge in [0, 0.05) is 19.5 Å². The monoisotopic (exact) mass is 307 g/mol. The normalized spacial score (nSPS) is 12.4. The largest absolute Gasteiger partial charge is 0.245 e. The third kappa shape index (κ3) is 4.16. The number of sulfonamides is 1. The molecule has 0 fully saturated rings. The zero-order valence-electron chi connectivity index (χ0n) is 11.4. The molecule has 0 aliphatic rings. The van der Waals surface area contributed by atoms with E-state index in [9.17, 15) is 12.8 Å². The first-order chi connectivity index (χ1) is 8.78. The molecule has 0 spiro atoms. The van der Waals surface area contributed by atoms with Gasteiger partial charge in [-0.1, -0.05) is 19.9 Å². The van der Waals surface area contributed by atoms with Crippen LogP contribution < -0.4 is 0 Å². The summed E-state index contributed by atoms with van der Waals surface area (Å²) in [5.74, 6) is -0.212. The van der Waals surface area contributed by atoms with E-state index < -0.39 is 15.8 Å². The first-order valence-electron chi connectivity index (χ1n) is 6.09. The van der Waals surface area contributed by atoms with Crippen LogP contribution in [0.1, 0.15) is 25.8 Å². The van der Waals surface area contributed by atoms with Crippen molar-refractivity contribution < 1.29 is 12.8 Å². The average Bonchev–Trinajstić information content (AvgIpc) is 2.35. The molecule has 0 aliphatic heterocycles. The molecule has 3 nitrogen and oxygen atoms in total. The number of nitrogens with zero attached hydrogens (tertiary/aromatic N) is 1. The van der Waals surface area contributed by atoms with E-state index in [1.807, 2.05) is 13.8 Å². The van der Waals surface area contributed by atoms with E-state index in [2.05, 4.69) is 0 Å². The van der Waals surface area contributed by atoms with Gasteiger partial charge in [0.25, 0.3) is 0 Å². The lowest BCUT2D eigenvalue weighted by atomic mass is 10.1. The molecule has 1 aromatic rings. The molecule has 0 saturated carbocycles. The molecule has 0 bridgehead atoms. The van der Waals surface area contributed by atoms with Crippen LogP contribution in [-0.4, -0.2) is 26.3 Å². The Kier molecular flexibility index (Phi) is 5.77. The predicted octanol–water partition coefficient (Wildman–Crippen LogP) is 3.23. The number of hydrogen-bond donors (Lipinski definition) is 0. The quantitative estimate of drug-likeness (QED) is 0.757. The molecule has 1 rings (SSSR count). The van der Waals surface area contributed by atoms with Crippen LogP contribution in [0.3, 0.4) is 0 Å². The third-order valence-electron chi connectivity index (χ3n) is 2.86. The van der Waals surface area contributed by atoms with Crippen LogP contribution in [0, 0.1) is 11.7 Å². The van der Waals surface area contributed by atoms with Gasteiger partial charge in [-0.25, -0.2) is 17.1 Å². The van der Waals surface area contributed by atoms with Crippen molar-refractivity contribution in [2.24, 2.45) is 5.92 Å². The van der Waals surface area contributed by atoms with Crippen LogP contribution in [0.5, 0.6) is 0 Å². The highest BCUT2D eigenvalue weighted by Gasteiger charge is 2.24. The molecule has 1 aromatic carbocycles. The lowest BCUT2D eigenvalue weighted by Gasteiger charge is -2.18. The van der Waals surface area contributed by atoms with Crippen molar-refractivity contribution in [1.29, 1.82) is 0 Å². The summed E-state index contributed by atoms with van der Waals surface area (Å²) in [6.45, 7) is 4.39. The van der Waals surface area contributed by atoms with Crippen LogP contribution in [0.15, 0.2) is 23.1 Å². The molecule has 0 atom stereocenters. The molecule has 0 heterocycles. The summed E-state index contributed by atoms with van der Waals surface area (Å²) in [6, 6.07) is 3.96. The molecule has 0 radical (unpaired) electrons. The van der Waals surface area contributed by atoms with Crippen molar-refractivity contribution in [2.45, 2.75) is 31.0 Å². The first-order valence-corrected chi connectivity index (χ1v) is 8.07. The lowest BCUT2D eigenvalue weighted by molar-refractivity contribution is 0.424. The van der Waals surface area contributed by atoms with Gasteiger partial charge in [0.15, 0.2) is 0 Å². The highest BCUT2D eigenvalue weighted by atomic mass is 35.5. The van der Waals surface area contributed by atoms with Crippen LogP contribution >= 0.6 is 11.6 Å². The topological polar surface area (TPSA) is 37.4 Å². The van der Waals surface area contributed by atoms with Crippen molar-refractivity contribution in [3.63, 3.8) is 0 Å². The fourth-order valence-corrected chi connectivity index (χ4v) is 2.96. The van der Waals surface area contributed by atoms with Crippen molar-refractivity contribution in [1.82, 2.24) is 4.31 Å². The molecule has 0 aliphatic carbocycles. The van der Waals surface area contributed by atoms with Crippen molar-refractivity contribution in [3.8, 4) is 0 Å². The van der Waals surface area contributed by atoms with E-state index in [0.29, 0.717) is 18.0 Å². The SMILES string of the molecule is CC(C)CCN(C)S(=O)(=O)c1ccc(CCl)cc1F. The van der Waals surface area contributed by atoms with Crippen LogP contribution in [0.4, 0.5) is 4.39 Å². The molecule has 6 heteroatoms. The second-order valence-electron chi connectivity index (χ2n) is 4.91. The van der Waals surface area contributed by atoms with Crippen LogP contribution in [0.2, 0.25) is 0 Å². The maximum atomic E-state index is 13.8. The van der Waals surface area contributed by atoms with Crippen LogP contribution in [0.25, 0.3) is 0 Å². The Morgan fingerprint density at radius 3 is 2.47 bits per heavy atom. The van der Waals surface area contributed by atoms with E-state index in [4.69, 9.17) is 11.6 Å². The third-order valence-corrected chi connectivity index (χ3v) is 5.06. The zero-order valence-corrected chi connectivity index (χ0v) is 12.9. The fraction of sp³-hybridized carbons (Fsp3) is 0.538. The number of hydrogen-bond acceptors (Lipinski definition) is 2. The second kappa shape index (κ2) is 6.68. The molecule has 0 unspecified atom stereocenters. The lowest BCUT2D eigenvalue weighted by Crippen LogP contribution is -2.29. The van der Waals surface area contributed by atoms with Gasteiger partial charge >= 0.3 is 0 Å². The summed E-state index contributed by atoms with van der Waals surface area (Å²) in [5.41, 5.74) is 0.558. The molecule has 0 amide bonds. The van der Waals surface area contributed by atoms with E-state index in [1.165, 1.54) is 23.5 Å². The van der Waals surface area contributed by atoms with Gasteiger partial charge in [-0.05, 0) is 30.0 Å². The molecule has 108 valence electrons. The first kappa shape index (κ1) is 16.4. The van der Waals surface area contributed by atoms with Gasteiger partial charge in [0.2, 0.25) is 10.0 Å². The molecule has 19 heavy (non-hydrogen) atoms. The summed E-state index contributed by atoms with van der Waals surface area (Å²) in [6.07, 6.45) is 0.733. The molecule has 0 saturated heterocycles. The van der Waals surface area contributed by atoms with Gasteiger partial charge in [0.1, 0.15) is 10.7 Å². The minimum Gasteiger partial charge on any atom is -0.207 e. The second-order valence-corrected chi connectivity index (χ2v) is 7.19. The van der Waals surface area contributed by atoms with Gasteiger partial charge < -0.3 is 0 Å². The van der Waals surface area contributed by atoms with Crippen molar-refractivity contribution >= 4 is 21.6 Å². The maximum Gasteiger partial charge on any atom is 0.245 e. The Labute approximate surface area is 119 Å². The highest BCUT2D eigenvalue weighted by molar-refractivity contribution is 7.89. The summed E-state index contributed by atoms with van der Waals surface area (Å²) in [4.78, 5) is -0.298. The van der Waals surface area contributed by atoms with E-state index in [-0.39, 0.29) is 10.8 Å². The van der Waals surface area contributed by atoms with Gasteiger partial charge in [0.05, 0.1) is 0 Å². The van der Waals surface area contributed by atoms with E-state index >= 15 is 0 Å². The Morgan fingerprint density at radius 1 is 1.37 bits per heavy atom. The average molecular weight is 308 g/mol. The molecule has 0 aromatic heterocycles. The minimum absolute atomic E-state index is 0.153. The van der Waals surface area contributed by atoms with Gasteiger partial charge in [-0.2, -0.15) is 0 Å². The predicted molar refractivity (Wildman–Crippen MR) is 75.2 cm³/mol. The molecule has 0 N–H and O–H groups in total. The number of alkyl halides is 1. The van der Waals surface area contributed by atoms with Gasteiger partial charge in [-0.3, -0.25) is 0 Å². The Bertz CT molecular complexity index is 531. The smallest absolute Gasteiger partial charge is 0.207 e. The zero-order chi connectivity index (χ0) is 14.6. The van der Waals surface area contributed by atoms with Gasteiger partial charge in [-0.15, -0.1) is 11.6 Å². The maximum absolute atomic E-state index is 13.8. The Hall–Kier alpha value is -0.650. The molecular formula is C13H19ClFNO2S. The van der Waals surface area contributed by atoms with Crippen molar-refractivity contribution in [3.05, 3.63) is 29.6 Å². The highest BCUT2D eigenvalue weighted by Crippen LogP contribution is 2.21. The summed E-state index contributed by atoms with van der Waals surface area (Å²) in [7, 11) is -2.31. The fourth-order valence-electron chi connectivity index (χ4n) is 1.56. The summed E-state index contributed by atoms with van der Waals surface area (Å²) in [5, 5.41) is 0. The van der Waals surface area contributed by atoms with Crippen LogP contribution in [-0.2, 0) is 15.9 Å². The van der Waals surface area contributed by atoms with E-state index in [0.717, 1.165) is 12.5 Å². The number of benzene rings is 1. The number of halogens is 2. The Morgan fingerprint density at radius 2 is 2.00 bits per heavy atom. The van der Waals surface area contributed by atoms with Crippen molar-refractivity contribution in [2.75, 3.05) is 13.6 Å². The Balaban J connectivity index is 2.99. The molecular weight excluding hydrogens is 289 g/mol. The van der Waals surface area contributed by atoms with E-state index in [1.54, 1.807) is 0 Å².